The van der Waals surface area contributed by atoms with Crippen molar-refractivity contribution in [3.05, 3.63) is 99.7 Å². The van der Waals surface area contributed by atoms with Crippen LogP contribution in [0.4, 0.5) is 0 Å². The van der Waals surface area contributed by atoms with Gasteiger partial charge >= 0.3 is 0 Å². The van der Waals surface area contributed by atoms with Crippen LogP contribution in [0.15, 0.2) is 72.8 Å². The Bertz CT molecular complexity index is 1570. The summed E-state index contributed by atoms with van der Waals surface area (Å²) in [5.74, 6) is 1.28. The minimum absolute atomic E-state index is 0.00247. The number of benzene rings is 3. The van der Waals surface area contributed by atoms with Crippen LogP contribution in [-0.4, -0.2) is 25.1 Å². The van der Waals surface area contributed by atoms with Gasteiger partial charge in [0, 0.05) is 33.0 Å². The molecular formula is C26H21ClN4O2S. The molecule has 0 amide bonds. The quantitative estimate of drug-likeness (QED) is 0.215. The van der Waals surface area contributed by atoms with Crippen LogP contribution in [0.2, 0.25) is 5.02 Å². The average Bonchev–Trinajstić information content (AvgIpc) is 3.34. The Morgan fingerprint density at radius 1 is 1.03 bits per heavy atom. The van der Waals surface area contributed by atoms with E-state index in [4.69, 9.17) is 28.6 Å². The number of nitrogens with one attached hydrogen (secondary N) is 1. The molecule has 0 bridgehead atoms. The molecule has 3 aromatic carbocycles. The number of ketones is 1. The van der Waals surface area contributed by atoms with E-state index in [1.54, 1.807) is 6.92 Å². The van der Waals surface area contributed by atoms with Crippen molar-refractivity contribution in [3.63, 3.8) is 0 Å². The Kier molecular flexibility index (Phi) is 5.81. The highest BCUT2D eigenvalue weighted by Gasteiger charge is 2.19. The lowest BCUT2D eigenvalue weighted by Gasteiger charge is -2.10. The summed E-state index contributed by atoms with van der Waals surface area (Å²) in [6.45, 7) is 3.74. The highest BCUT2D eigenvalue weighted by atomic mass is 35.5. The molecule has 0 unspecified atom stereocenters. The second-order valence-electron chi connectivity index (χ2n) is 7.91. The Balaban J connectivity index is 1.52. The minimum Gasteiger partial charge on any atom is -0.486 e. The Labute approximate surface area is 206 Å². The van der Waals surface area contributed by atoms with Gasteiger partial charge in [0.25, 0.3) is 0 Å². The molecule has 0 saturated heterocycles. The summed E-state index contributed by atoms with van der Waals surface area (Å²) in [4.78, 5) is 12.6. The normalized spacial score (nSPS) is 11.1. The van der Waals surface area contributed by atoms with Gasteiger partial charge in [-0.1, -0.05) is 29.8 Å². The first-order valence-corrected chi connectivity index (χ1v) is 11.5. The fourth-order valence-corrected chi connectivity index (χ4v) is 4.65. The van der Waals surface area contributed by atoms with Gasteiger partial charge in [-0.25, -0.2) is 0 Å². The molecule has 0 atom stereocenters. The first kappa shape index (κ1) is 22.1. The van der Waals surface area contributed by atoms with E-state index in [0.29, 0.717) is 26.9 Å². The number of halogens is 1. The summed E-state index contributed by atoms with van der Waals surface area (Å²) in [5.41, 5.74) is 4.30. The van der Waals surface area contributed by atoms with Crippen molar-refractivity contribution in [1.82, 2.24) is 19.3 Å². The third-order valence-electron chi connectivity index (χ3n) is 5.74. The van der Waals surface area contributed by atoms with E-state index in [2.05, 4.69) is 14.8 Å². The molecule has 0 aliphatic carbocycles. The van der Waals surface area contributed by atoms with E-state index >= 15 is 0 Å². The summed E-state index contributed by atoms with van der Waals surface area (Å²) >= 11 is 11.5. The number of aromatic amines is 1. The number of nitrogens with zero attached hydrogens (tertiary/aromatic N) is 3. The number of hydrogen-bond donors (Lipinski definition) is 1. The number of carbonyl (C=O) groups excluding carboxylic acids is 1. The zero-order chi connectivity index (χ0) is 23.8. The molecule has 0 saturated carbocycles. The van der Waals surface area contributed by atoms with Crippen molar-refractivity contribution in [2.75, 3.05) is 0 Å². The fraction of sp³-hybridized carbons (Fsp3) is 0.115. The highest BCUT2D eigenvalue weighted by Crippen LogP contribution is 2.33. The maximum atomic E-state index is 12.6. The van der Waals surface area contributed by atoms with E-state index < -0.39 is 0 Å². The van der Waals surface area contributed by atoms with Gasteiger partial charge in [-0.05, 0) is 80.7 Å². The van der Waals surface area contributed by atoms with Crippen LogP contribution in [0.25, 0.3) is 22.3 Å². The van der Waals surface area contributed by atoms with Gasteiger partial charge in [0.05, 0.1) is 5.52 Å². The van der Waals surface area contributed by atoms with Crippen molar-refractivity contribution >= 4 is 40.5 Å². The fourth-order valence-electron chi connectivity index (χ4n) is 4.27. The molecule has 170 valence electrons. The highest BCUT2D eigenvalue weighted by molar-refractivity contribution is 7.71. The lowest BCUT2D eigenvalue weighted by atomic mass is 10.1. The molecule has 0 spiro atoms. The molecular weight excluding hydrogens is 468 g/mol. The van der Waals surface area contributed by atoms with Crippen LogP contribution in [0, 0.1) is 11.7 Å². The van der Waals surface area contributed by atoms with Crippen LogP contribution in [0.5, 0.6) is 5.75 Å². The zero-order valence-electron chi connectivity index (χ0n) is 18.6. The Hall–Kier alpha value is -3.68. The molecule has 8 heteroatoms. The molecule has 34 heavy (non-hydrogen) atoms. The predicted molar refractivity (Wildman–Crippen MR) is 136 cm³/mol. The average molecular weight is 489 g/mol. The number of ether oxygens (including phenoxy) is 1. The number of carbonyl (C=O) groups is 1. The number of aromatic nitrogens is 4. The van der Waals surface area contributed by atoms with Crippen LogP contribution < -0.4 is 4.74 Å². The van der Waals surface area contributed by atoms with E-state index in [1.165, 1.54) is 0 Å². The summed E-state index contributed by atoms with van der Waals surface area (Å²) in [7, 11) is 0. The van der Waals surface area contributed by atoms with Gasteiger partial charge in [-0.15, -0.1) is 0 Å². The van der Waals surface area contributed by atoms with Crippen molar-refractivity contribution < 1.29 is 9.53 Å². The van der Waals surface area contributed by atoms with E-state index in [9.17, 15) is 4.79 Å². The number of rotatable bonds is 6. The minimum atomic E-state index is -0.00247. The molecule has 0 aliphatic rings. The third kappa shape index (κ3) is 3.93. The standard InChI is InChI=1S/C26H21ClN4O2S/c1-16-25(17(2)32)22-14-21(12-13-23(22)30(16)20-10-8-18(27)9-11-20)33-15-24-28-29-26(34)31(24)19-6-4-3-5-7-19/h3-14H,15H2,1-2H3,(H,29,34). The Morgan fingerprint density at radius 3 is 2.44 bits per heavy atom. The van der Waals surface area contributed by atoms with Crippen LogP contribution in [-0.2, 0) is 6.61 Å². The van der Waals surface area contributed by atoms with Gasteiger partial charge in [0.1, 0.15) is 12.4 Å². The van der Waals surface area contributed by atoms with Crippen LogP contribution >= 0.6 is 23.8 Å². The lowest BCUT2D eigenvalue weighted by Crippen LogP contribution is -2.05. The zero-order valence-corrected chi connectivity index (χ0v) is 20.2. The maximum absolute atomic E-state index is 12.6. The second-order valence-corrected chi connectivity index (χ2v) is 8.74. The summed E-state index contributed by atoms with van der Waals surface area (Å²) in [6.07, 6.45) is 0. The maximum Gasteiger partial charge on any atom is 0.199 e. The van der Waals surface area contributed by atoms with E-state index in [1.807, 2.05) is 84.3 Å². The monoisotopic (exact) mass is 488 g/mol. The molecule has 0 radical (unpaired) electrons. The second kappa shape index (κ2) is 8.93. The van der Waals surface area contributed by atoms with Gasteiger partial charge in [0.2, 0.25) is 0 Å². The van der Waals surface area contributed by atoms with E-state index in [0.717, 1.165) is 28.0 Å². The number of H-pyrrole nitrogens is 1. The molecule has 0 fully saturated rings. The van der Waals surface area contributed by atoms with Crippen molar-refractivity contribution in [2.45, 2.75) is 20.5 Å². The van der Waals surface area contributed by atoms with E-state index in [-0.39, 0.29) is 12.4 Å². The topological polar surface area (TPSA) is 64.8 Å². The molecule has 0 aliphatic heterocycles. The molecule has 6 nitrogen and oxygen atoms in total. The van der Waals surface area contributed by atoms with Gasteiger partial charge in [-0.2, -0.15) is 5.10 Å². The number of fused-ring (bicyclic) bond motifs is 1. The van der Waals surface area contributed by atoms with Gasteiger partial charge < -0.3 is 9.30 Å². The summed E-state index contributed by atoms with van der Waals surface area (Å²) < 4.78 is 10.5. The summed E-state index contributed by atoms with van der Waals surface area (Å²) in [6, 6.07) is 23.1. The van der Waals surface area contributed by atoms with Crippen LogP contribution in [0.3, 0.4) is 0 Å². The molecule has 2 heterocycles. The van der Waals surface area contributed by atoms with Crippen LogP contribution in [0.1, 0.15) is 28.8 Å². The third-order valence-corrected chi connectivity index (χ3v) is 6.26. The van der Waals surface area contributed by atoms with Gasteiger partial charge in [0.15, 0.2) is 16.4 Å². The summed E-state index contributed by atoms with van der Waals surface area (Å²) in [5, 5.41) is 8.66. The van der Waals surface area contributed by atoms with Crippen molar-refractivity contribution in [3.8, 4) is 17.1 Å². The van der Waals surface area contributed by atoms with Gasteiger partial charge in [-0.3, -0.25) is 14.5 Å². The predicted octanol–water partition coefficient (Wildman–Crippen LogP) is 6.62. The number of hydrogen-bond acceptors (Lipinski definition) is 4. The largest absolute Gasteiger partial charge is 0.486 e. The molecule has 2 aromatic heterocycles. The number of para-hydroxylation sites is 1. The molecule has 5 rings (SSSR count). The number of Topliss-reactive ketones (excluding diaryl/α,β-unsaturated/α-hetero) is 1. The first-order chi connectivity index (χ1) is 16.4. The van der Waals surface area contributed by atoms with Crippen molar-refractivity contribution in [2.24, 2.45) is 0 Å². The SMILES string of the molecule is CC(=O)c1c(C)n(-c2ccc(Cl)cc2)c2ccc(OCc3n[nH]c(=S)n3-c3ccccc3)cc12. The molecule has 5 aromatic rings. The Morgan fingerprint density at radius 2 is 1.74 bits per heavy atom. The van der Waals surface area contributed by atoms with Crippen molar-refractivity contribution in [1.29, 1.82) is 0 Å². The molecule has 1 N–H and O–H groups in total. The smallest absolute Gasteiger partial charge is 0.199 e. The first-order valence-electron chi connectivity index (χ1n) is 10.7. The lowest BCUT2D eigenvalue weighted by molar-refractivity contribution is 0.101.